The molecule has 6 rings (SSSR count). The minimum Gasteiger partial charge on any atom is -0.380 e. The largest absolute Gasteiger partial charge is 0.380 e. The first-order valence-corrected chi connectivity index (χ1v) is 15.0. The molecule has 8 nitrogen and oxygen atoms in total. The molecule has 202 valence electrons. The summed E-state index contributed by atoms with van der Waals surface area (Å²) in [6, 6.07) is 10.5. The van der Waals surface area contributed by atoms with Crippen molar-refractivity contribution >= 4 is 39.2 Å². The van der Waals surface area contributed by atoms with Crippen LogP contribution in [0.4, 0.5) is 11.8 Å². The van der Waals surface area contributed by atoms with Crippen LogP contribution in [0, 0.1) is 11.8 Å². The highest BCUT2D eigenvalue weighted by molar-refractivity contribution is 7.17. The molecule has 0 aliphatic carbocycles. The number of carbonyl (C=O) groups is 1. The second-order valence-corrected chi connectivity index (χ2v) is 11.8. The number of benzene rings is 1. The van der Waals surface area contributed by atoms with E-state index in [0.29, 0.717) is 18.4 Å². The van der Waals surface area contributed by atoms with Crippen molar-refractivity contribution in [2.45, 2.75) is 32.1 Å². The minimum atomic E-state index is -0.235. The predicted octanol–water partition coefficient (Wildman–Crippen LogP) is 4.00. The molecule has 2 aromatic heterocycles. The zero-order chi connectivity index (χ0) is 25.9. The van der Waals surface area contributed by atoms with Gasteiger partial charge in [0.2, 0.25) is 11.9 Å². The second kappa shape index (κ2) is 11.6. The highest BCUT2D eigenvalue weighted by Crippen LogP contribution is 2.40. The topological polar surface area (TPSA) is 87.8 Å². The number of hydrogen-bond donors (Lipinski definition) is 1. The zero-order valence-electron chi connectivity index (χ0n) is 22.1. The van der Waals surface area contributed by atoms with Crippen LogP contribution in [0.1, 0.15) is 32.1 Å². The molecule has 5 heterocycles. The molecular formula is C29H38N6O2S. The minimum absolute atomic E-state index is 0.137. The van der Waals surface area contributed by atoms with E-state index in [1.165, 1.54) is 37.1 Å². The van der Waals surface area contributed by atoms with Gasteiger partial charge in [0.05, 0.1) is 17.9 Å². The number of ether oxygens (including phenoxy) is 1. The Balaban J connectivity index is 1.20. The monoisotopic (exact) mass is 534 g/mol. The number of rotatable bonds is 9. The van der Waals surface area contributed by atoms with Crippen molar-refractivity contribution in [2.24, 2.45) is 17.6 Å². The number of piperidine rings is 1. The van der Waals surface area contributed by atoms with Crippen LogP contribution >= 0.6 is 11.3 Å². The maximum absolute atomic E-state index is 11.8. The van der Waals surface area contributed by atoms with Crippen molar-refractivity contribution in [1.82, 2.24) is 14.9 Å². The number of thiophene rings is 1. The highest BCUT2D eigenvalue weighted by Gasteiger charge is 2.31. The molecule has 0 saturated carbocycles. The predicted molar refractivity (Wildman–Crippen MR) is 154 cm³/mol. The number of nitrogens with zero attached hydrogens (tertiary/aromatic N) is 5. The van der Waals surface area contributed by atoms with E-state index in [1.54, 1.807) is 11.3 Å². The lowest BCUT2D eigenvalue weighted by Crippen LogP contribution is -2.36. The van der Waals surface area contributed by atoms with Gasteiger partial charge in [-0.15, -0.1) is 11.3 Å². The van der Waals surface area contributed by atoms with Gasteiger partial charge in [-0.1, -0.05) is 30.3 Å². The number of amides is 1. The van der Waals surface area contributed by atoms with E-state index in [1.807, 2.05) is 6.07 Å². The number of likely N-dealkylation sites (tertiary alicyclic amines) is 1. The van der Waals surface area contributed by atoms with Crippen molar-refractivity contribution in [3.8, 4) is 11.1 Å². The standard InChI is InChI=1S/C29H38N6O2S/c30-26(36)23-10-15-35(18-23)29-31-27(25-24(20-38-28(25)32-29)22-6-2-1-3-7-22)34-13-8-21(9-14-34)19-37-17-16-33-11-4-5-12-33/h1-3,6-7,20-21,23H,4-5,8-19H2,(H2,30,36). The smallest absolute Gasteiger partial charge is 0.228 e. The summed E-state index contributed by atoms with van der Waals surface area (Å²) in [7, 11) is 0. The first-order valence-electron chi connectivity index (χ1n) is 14.1. The quantitative estimate of drug-likeness (QED) is 0.415. The van der Waals surface area contributed by atoms with E-state index in [4.69, 9.17) is 20.4 Å². The van der Waals surface area contributed by atoms with Gasteiger partial charge in [0.15, 0.2) is 0 Å². The van der Waals surface area contributed by atoms with Gasteiger partial charge < -0.3 is 25.2 Å². The van der Waals surface area contributed by atoms with Crippen LogP contribution in [0.5, 0.6) is 0 Å². The van der Waals surface area contributed by atoms with E-state index in [9.17, 15) is 4.79 Å². The molecule has 3 aromatic rings. The van der Waals surface area contributed by atoms with Gasteiger partial charge in [0, 0.05) is 50.3 Å². The van der Waals surface area contributed by atoms with E-state index in [2.05, 4.69) is 44.3 Å². The van der Waals surface area contributed by atoms with Crippen LogP contribution < -0.4 is 15.5 Å². The third-order valence-electron chi connectivity index (χ3n) is 8.38. The molecule has 1 unspecified atom stereocenters. The normalized spacial score (nSPS) is 21.1. The Morgan fingerprint density at radius 1 is 1.00 bits per heavy atom. The molecule has 0 spiro atoms. The average Bonchev–Trinajstić information content (AvgIpc) is 3.72. The number of hydrogen-bond acceptors (Lipinski definition) is 8. The van der Waals surface area contributed by atoms with Crippen LogP contribution in [0.3, 0.4) is 0 Å². The van der Waals surface area contributed by atoms with E-state index < -0.39 is 0 Å². The summed E-state index contributed by atoms with van der Waals surface area (Å²) in [6.07, 6.45) is 5.62. The Morgan fingerprint density at radius 2 is 1.76 bits per heavy atom. The van der Waals surface area contributed by atoms with Crippen LogP contribution in [0.2, 0.25) is 0 Å². The third-order valence-corrected chi connectivity index (χ3v) is 9.25. The average molecular weight is 535 g/mol. The molecule has 1 atom stereocenters. The van der Waals surface area contributed by atoms with Gasteiger partial charge in [0.25, 0.3) is 0 Å². The lowest BCUT2D eigenvalue weighted by Gasteiger charge is -2.33. The molecular weight excluding hydrogens is 496 g/mol. The van der Waals surface area contributed by atoms with Gasteiger partial charge >= 0.3 is 0 Å². The first-order chi connectivity index (χ1) is 18.7. The summed E-state index contributed by atoms with van der Waals surface area (Å²) < 4.78 is 6.10. The van der Waals surface area contributed by atoms with Crippen molar-refractivity contribution in [3.05, 3.63) is 35.7 Å². The van der Waals surface area contributed by atoms with Crippen molar-refractivity contribution in [1.29, 1.82) is 0 Å². The molecule has 3 fully saturated rings. The van der Waals surface area contributed by atoms with Gasteiger partial charge in [-0.05, 0) is 56.7 Å². The fourth-order valence-corrected chi connectivity index (χ4v) is 6.99. The maximum Gasteiger partial charge on any atom is 0.228 e. The van der Waals surface area contributed by atoms with Crippen LogP contribution in [0.15, 0.2) is 35.7 Å². The molecule has 3 aliphatic rings. The van der Waals surface area contributed by atoms with Gasteiger partial charge in [0.1, 0.15) is 10.6 Å². The van der Waals surface area contributed by atoms with Crippen molar-refractivity contribution in [3.63, 3.8) is 0 Å². The molecule has 3 aliphatic heterocycles. The Morgan fingerprint density at radius 3 is 2.50 bits per heavy atom. The van der Waals surface area contributed by atoms with E-state index in [-0.39, 0.29) is 11.8 Å². The first kappa shape index (κ1) is 25.5. The van der Waals surface area contributed by atoms with Crippen molar-refractivity contribution in [2.75, 3.05) is 68.8 Å². The summed E-state index contributed by atoms with van der Waals surface area (Å²) in [6.45, 7) is 8.47. The molecule has 0 radical (unpaired) electrons. The molecule has 0 bridgehead atoms. The lowest BCUT2D eigenvalue weighted by atomic mass is 9.97. The zero-order valence-corrected chi connectivity index (χ0v) is 22.9. The van der Waals surface area contributed by atoms with Gasteiger partial charge in [-0.25, -0.2) is 4.98 Å². The van der Waals surface area contributed by atoms with Gasteiger partial charge in [-0.2, -0.15) is 4.98 Å². The maximum atomic E-state index is 11.8. The summed E-state index contributed by atoms with van der Waals surface area (Å²) in [5, 5.41) is 3.34. The molecule has 3 saturated heterocycles. The number of aromatic nitrogens is 2. The van der Waals surface area contributed by atoms with Crippen LogP contribution in [-0.4, -0.2) is 79.8 Å². The molecule has 1 aromatic carbocycles. The number of fused-ring (bicyclic) bond motifs is 1. The molecule has 1 amide bonds. The Kier molecular flexibility index (Phi) is 7.76. The molecule has 38 heavy (non-hydrogen) atoms. The van der Waals surface area contributed by atoms with Crippen LogP contribution in [-0.2, 0) is 9.53 Å². The Labute approximate surface area is 228 Å². The summed E-state index contributed by atoms with van der Waals surface area (Å²) in [5.74, 6) is 1.95. The van der Waals surface area contributed by atoms with E-state index >= 15 is 0 Å². The summed E-state index contributed by atoms with van der Waals surface area (Å²) in [5.41, 5.74) is 7.98. The summed E-state index contributed by atoms with van der Waals surface area (Å²) >= 11 is 1.67. The lowest BCUT2D eigenvalue weighted by molar-refractivity contribution is -0.121. The number of nitrogens with two attached hydrogens (primary N) is 1. The number of carbonyl (C=O) groups excluding carboxylic acids is 1. The Hall–Kier alpha value is -2.75. The van der Waals surface area contributed by atoms with Crippen LogP contribution in [0.25, 0.3) is 21.3 Å². The second-order valence-electron chi connectivity index (χ2n) is 10.9. The molecule has 2 N–H and O–H groups in total. The fourth-order valence-electron chi connectivity index (χ4n) is 6.05. The van der Waals surface area contributed by atoms with Crippen molar-refractivity contribution < 1.29 is 9.53 Å². The summed E-state index contributed by atoms with van der Waals surface area (Å²) in [4.78, 5) is 30.0. The van der Waals surface area contributed by atoms with Gasteiger partial charge in [-0.3, -0.25) is 4.79 Å². The van der Waals surface area contributed by atoms with E-state index in [0.717, 1.165) is 74.7 Å². The number of anilines is 2. The molecule has 9 heteroatoms. The highest BCUT2D eigenvalue weighted by atomic mass is 32.1. The fraction of sp³-hybridized carbons (Fsp3) is 0.552. The Bertz CT molecular complexity index is 1240. The number of primary amides is 1. The third kappa shape index (κ3) is 5.51. The SMILES string of the molecule is NC(=O)C1CCN(c2nc(N3CCC(COCCN4CCCC4)CC3)c3c(-c4ccccc4)csc3n2)C1.